The number of rotatable bonds is 4. The van der Waals surface area contributed by atoms with Crippen LogP contribution in [0.15, 0.2) is 0 Å². The summed E-state index contributed by atoms with van der Waals surface area (Å²) in [6.45, 7) is 4.10. The van der Waals surface area contributed by atoms with Gasteiger partial charge in [-0.1, -0.05) is 0 Å². The molecule has 0 aromatic carbocycles. The van der Waals surface area contributed by atoms with E-state index < -0.39 is 17.8 Å². The molecule has 0 aromatic heterocycles. The zero-order valence-corrected chi connectivity index (χ0v) is 8.86. The summed E-state index contributed by atoms with van der Waals surface area (Å²) >= 11 is -2.79. The molecule has 0 saturated heterocycles. The van der Waals surface area contributed by atoms with Crippen molar-refractivity contribution >= 4 is 0 Å². The van der Waals surface area contributed by atoms with Crippen LogP contribution in [0.1, 0.15) is 13.8 Å². The van der Waals surface area contributed by atoms with E-state index in [2.05, 4.69) is 13.8 Å². The van der Waals surface area contributed by atoms with Crippen LogP contribution in [0.3, 0.4) is 0 Å². The third-order valence-corrected chi connectivity index (χ3v) is 6.43. The first-order valence-electron chi connectivity index (χ1n) is 3.28. The molecule has 0 N–H and O–H groups in total. The molecule has 0 spiro atoms. The van der Waals surface area contributed by atoms with Crippen molar-refractivity contribution in [2.75, 3.05) is 21.3 Å². The first kappa shape index (κ1) is 10.6. The molecule has 4 heteroatoms. The molecule has 0 aliphatic carbocycles. The molecular formula is C6H16O3Ti. The fourth-order valence-corrected chi connectivity index (χ4v) is 3.95. The molecule has 0 bridgehead atoms. The zero-order chi connectivity index (χ0) is 8.20. The molecule has 3 nitrogen and oxygen atoms in total. The van der Waals surface area contributed by atoms with E-state index in [1.807, 2.05) is 0 Å². The maximum atomic E-state index is 5.24. The van der Waals surface area contributed by atoms with E-state index in [-0.39, 0.29) is 0 Å². The molecule has 0 fully saturated rings. The Balaban J connectivity index is 4.15. The number of hydrogen-bond donors (Lipinski definition) is 0. The van der Waals surface area contributed by atoms with Crippen LogP contribution in [-0.4, -0.2) is 21.3 Å². The van der Waals surface area contributed by atoms with Crippen LogP contribution in [0.2, 0.25) is 4.22 Å². The van der Waals surface area contributed by atoms with Crippen LogP contribution >= 0.6 is 0 Å². The number of hydrogen-bond acceptors (Lipinski definition) is 3. The zero-order valence-electron chi connectivity index (χ0n) is 7.30. The average Bonchev–Trinajstić information content (AvgIpc) is 1.92. The predicted molar refractivity (Wildman–Crippen MR) is 36.1 cm³/mol. The Morgan fingerprint density at radius 3 is 1.20 bits per heavy atom. The van der Waals surface area contributed by atoms with E-state index in [1.165, 1.54) is 0 Å². The van der Waals surface area contributed by atoms with Crippen LogP contribution in [0, 0.1) is 0 Å². The third-order valence-electron chi connectivity index (χ3n) is 1.56. The Bertz CT molecular complexity index is 82.7. The van der Waals surface area contributed by atoms with Gasteiger partial charge in [-0.15, -0.1) is 0 Å². The summed E-state index contributed by atoms with van der Waals surface area (Å²) in [5.41, 5.74) is 0. The minimum atomic E-state index is -2.79. The fourth-order valence-electron chi connectivity index (χ4n) is 0.957. The summed E-state index contributed by atoms with van der Waals surface area (Å²) in [6.07, 6.45) is 0. The van der Waals surface area contributed by atoms with Gasteiger partial charge in [-0.25, -0.2) is 0 Å². The van der Waals surface area contributed by atoms with E-state index in [4.69, 9.17) is 9.96 Å². The van der Waals surface area contributed by atoms with Gasteiger partial charge >= 0.3 is 67.1 Å². The van der Waals surface area contributed by atoms with Crippen molar-refractivity contribution in [2.24, 2.45) is 0 Å². The van der Waals surface area contributed by atoms with Crippen molar-refractivity contribution in [3.8, 4) is 0 Å². The van der Waals surface area contributed by atoms with Crippen LogP contribution in [-0.2, 0) is 27.7 Å². The molecule has 0 aromatic rings. The van der Waals surface area contributed by atoms with Gasteiger partial charge in [0, 0.05) is 0 Å². The first-order valence-corrected chi connectivity index (χ1v) is 6.09. The Hall–Kier alpha value is 0.594. The summed E-state index contributed by atoms with van der Waals surface area (Å²) in [5, 5.41) is 0. The van der Waals surface area contributed by atoms with E-state index in [1.54, 1.807) is 21.3 Å². The van der Waals surface area contributed by atoms with Crippen molar-refractivity contribution in [1.29, 1.82) is 0 Å². The van der Waals surface area contributed by atoms with Crippen molar-refractivity contribution in [3.05, 3.63) is 0 Å². The normalized spacial score (nSPS) is 12.6. The molecule has 62 valence electrons. The second-order valence-corrected chi connectivity index (χ2v) is 7.97. The molecule has 0 amide bonds. The summed E-state index contributed by atoms with van der Waals surface area (Å²) in [5.74, 6) is 0. The Morgan fingerprint density at radius 2 is 1.20 bits per heavy atom. The Labute approximate surface area is 67.4 Å². The molecule has 10 heavy (non-hydrogen) atoms. The predicted octanol–water partition coefficient (Wildman–Crippen LogP) is 1.65. The van der Waals surface area contributed by atoms with Crippen molar-refractivity contribution in [1.82, 2.24) is 0 Å². The molecule has 0 rings (SSSR count). The van der Waals surface area contributed by atoms with Crippen molar-refractivity contribution in [3.63, 3.8) is 0 Å². The maximum absolute atomic E-state index is 5.24. The summed E-state index contributed by atoms with van der Waals surface area (Å²) < 4.78 is 16.1. The van der Waals surface area contributed by atoms with Gasteiger partial charge in [-0.05, 0) is 0 Å². The van der Waals surface area contributed by atoms with Gasteiger partial charge in [0.25, 0.3) is 0 Å². The van der Waals surface area contributed by atoms with E-state index in [0.717, 1.165) is 0 Å². The Morgan fingerprint density at radius 1 is 0.900 bits per heavy atom. The van der Waals surface area contributed by atoms with Crippen LogP contribution < -0.4 is 0 Å². The SMILES string of the molecule is C[O][Ti]([O]C)([O]C)[CH](C)C. The molecule has 0 radical (unpaired) electrons. The molecular weight excluding hydrogens is 168 g/mol. The standard InChI is InChI=1S/C3H7.3CH3O.Ti/c1-3-2;3*1-2;/h3H,1-2H3;3*1H3;/q;3*-1;+3. The molecule has 0 atom stereocenters. The molecule has 0 aliphatic heterocycles. The topological polar surface area (TPSA) is 27.7 Å². The fraction of sp³-hybridized carbons (Fsp3) is 1.00. The van der Waals surface area contributed by atoms with Gasteiger partial charge in [0.15, 0.2) is 0 Å². The van der Waals surface area contributed by atoms with Crippen LogP contribution in [0.25, 0.3) is 0 Å². The minimum absolute atomic E-state index is 0.361. The van der Waals surface area contributed by atoms with Gasteiger partial charge in [0.05, 0.1) is 0 Å². The van der Waals surface area contributed by atoms with Crippen LogP contribution in [0.5, 0.6) is 0 Å². The Kier molecular flexibility index (Phi) is 4.73. The molecule has 0 unspecified atom stereocenters. The van der Waals surface area contributed by atoms with E-state index in [9.17, 15) is 0 Å². The second kappa shape index (κ2) is 4.47. The van der Waals surface area contributed by atoms with Crippen molar-refractivity contribution < 1.29 is 27.7 Å². The first-order chi connectivity index (χ1) is 4.63. The second-order valence-electron chi connectivity index (χ2n) is 2.37. The van der Waals surface area contributed by atoms with Crippen molar-refractivity contribution in [2.45, 2.75) is 18.1 Å². The third kappa shape index (κ3) is 2.04. The quantitative estimate of drug-likeness (QED) is 0.621. The van der Waals surface area contributed by atoms with Gasteiger partial charge in [0.1, 0.15) is 0 Å². The average molecular weight is 184 g/mol. The van der Waals surface area contributed by atoms with E-state index >= 15 is 0 Å². The van der Waals surface area contributed by atoms with Gasteiger partial charge in [0.2, 0.25) is 0 Å². The van der Waals surface area contributed by atoms with Crippen LogP contribution in [0.4, 0.5) is 0 Å². The van der Waals surface area contributed by atoms with Gasteiger partial charge in [-0.3, -0.25) is 0 Å². The summed E-state index contributed by atoms with van der Waals surface area (Å²) in [4.78, 5) is 0. The summed E-state index contributed by atoms with van der Waals surface area (Å²) in [6, 6.07) is 0. The van der Waals surface area contributed by atoms with Gasteiger partial charge < -0.3 is 0 Å². The monoisotopic (exact) mass is 184 g/mol. The molecule has 0 heterocycles. The molecule has 0 aliphatic rings. The van der Waals surface area contributed by atoms with E-state index in [0.29, 0.717) is 4.22 Å². The molecule has 0 saturated carbocycles. The van der Waals surface area contributed by atoms with Gasteiger partial charge in [-0.2, -0.15) is 0 Å². The summed E-state index contributed by atoms with van der Waals surface area (Å²) in [7, 11) is 4.94.